The fraction of sp³-hybridized carbons (Fsp3) is 0.143. The van der Waals surface area contributed by atoms with Gasteiger partial charge in [0, 0.05) is 26.9 Å². The molecule has 0 unspecified atom stereocenters. The third-order valence-corrected chi connectivity index (χ3v) is 4.18. The van der Waals surface area contributed by atoms with Gasteiger partial charge in [-0.25, -0.2) is 4.39 Å². The minimum atomic E-state index is -0.267. The van der Waals surface area contributed by atoms with Crippen LogP contribution in [0.25, 0.3) is 0 Å². The molecule has 94 valence electrons. The van der Waals surface area contributed by atoms with Crippen molar-refractivity contribution in [1.82, 2.24) is 0 Å². The van der Waals surface area contributed by atoms with Crippen molar-refractivity contribution in [3.05, 3.63) is 58.4 Å². The second kappa shape index (κ2) is 5.63. The highest BCUT2D eigenvalue weighted by Gasteiger charge is 2.08. The number of thioether (sulfide) groups is 1. The molecule has 0 aliphatic heterocycles. The van der Waals surface area contributed by atoms with Crippen molar-refractivity contribution in [1.29, 1.82) is 0 Å². The summed E-state index contributed by atoms with van der Waals surface area (Å²) in [7, 11) is 0. The van der Waals surface area contributed by atoms with Gasteiger partial charge in [0.2, 0.25) is 0 Å². The first-order valence-electron chi connectivity index (χ1n) is 5.50. The summed E-state index contributed by atoms with van der Waals surface area (Å²) >= 11 is 7.53. The zero-order valence-corrected chi connectivity index (χ0v) is 11.5. The van der Waals surface area contributed by atoms with E-state index < -0.39 is 0 Å². The first-order chi connectivity index (χ1) is 8.58. The van der Waals surface area contributed by atoms with Crippen molar-refractivity contribution in [2.45, 2.75) is 17.6 Å². The summed E-state index contributed by atoms with van der Waals surface area (Å²) in [6.07, 6.45) is 0. The van der Waals surface area contributed by atoms with Gasteiger partial charge in [-0.2, -0.15) is 0 Å². The fourth-order valence-corrected chi connectivity index (χ4v) is 3.01. The molecule has 2 N–H and O–H groups in total. The lowest BCUT2D eigenvalue weighted by Gasteiger charge is -2.08. The van der Waals surface area contributed by atoms with Gasteiger partial charge in [0.1, 0.15) is 5.82 Å². The lowest BCUT2D eigenvalue weighted by Crippen LogP contribution is -1.91. The largest absolute Gasteiger partial charge is 0.399 e. The van der Waals surface area contributed by atoms with E-state index in [0.29, 0.717) is 22.0 Å². The summed E-state index contributed by atoms with van der Waals surface area (Å²) in [5.41, 5.74) is 8.11. The maximum absolute atomic E-state index is 13.6. The molecule has 0 spiro atoms. The van der Waals surface area contributed by atoms with E-state index in [1.807, 2.05) is 25.1 Å². The van der Waals surface area contributed by atoms with Gasteiger partial charge in [0.25, 0.3) is 0 Å². The Morgan fingerprint density at radius 2 is 2.06 bits per heavy atom. The van der Waals surface area contributed by atoms with E-state index in [1.54, 1.807) is 12.1 Å². The molecule has 4 heteroatoms. The summed E-state index contributed by atoms with van der Waals surface area (Å²) in [5.74, 6) is 0.229. The Hall–Kier alpha value is -1.19. The van der Waals surface area contributed by atoms with E-state index in [-0.39, 0.29) is 5.82 Å². The van der Waals surface area contributed by atoms with Crippen molar-refractivity contribution < 1.29 is 4.39 Å². The molecule has 0 atom stereocenters. The summed E-state index contributed by atoms with van der Waals surface area (Å²) in [6.45, 7) is 2.00. The van der Waals surface area contributed by atoms with Crippen LogP contribution < -0.4 is 5.73 Å². The Morgan fingerprint density at radius 3 is 2.78 bits per heavy atom. The van der Waals surface area contributed by atoms with Crippen LogP contribution in [0.3, 0.4) is 0 Å². The number of nitrogens with two attached hydrogens (primary N) is 1. The van der Waals surface area contributed by atoms with Crippen LogP contribution in [0.15, 0.2) is 41.3 Å². The summed E-state index contributed by atoms with van der Waals surface area (Å²) < 4.78 is 13.6. The summed E-state index contributed by atoms with van der Waals surface area (Å²) in [5, 5.41) is 0.462. The monoisotopic (exact) mass is 281 g/mol. The molecule has 0 amide bonds. The lowest BCUT2D eigenvalue weighted by molar-refractivity contribution is 0.617. The van der Waals surface area contributed by atoms with Crippen molar-refractivity contribution in [2.24, 2.45) is 0 Å². The highest BCUT2D eigenvalue weighted by Crippen LogP contribution is 2.31. The van der Waals surface area contributed by atoms with Crippen molar-refractivity contribution >= 4 is 29.1 Å². The number of halogens is 2. The molecule has 0 saturated carbocycles. The number of nitrogen functional groups attached to an aromatic ring is 1. The van der Waals surface area contributed by atoms with Gasteiger partial charge in [-0.1, -0.05) is 23.7 Å². The molecule has 0 aromatic heterocycles. The first-order valence-corrected chi connectivity index (χ1v) is 6.86. The molecule has 0 heterocycles. The predicted octanol–water partition coefficient (Wildman–Crippen LogP) is 4.66. The minimum Gasteiger partial charge on any atom is -0.399 e. The number of benzene rings is 2. The highest BCUT2D eigenvalue weighted by atomic mass is 35.5. The maximum atomic E-state index is 13.6. The Labute approximate surface area is 115 Å². The predicted molar refractivity (Wildman–Crippen MR) is 76.6 cm³/mol. The van der Waals surface area contributed by atoms with E-state index >= 15 is 0 Å². The topological polar surface area (TPSA) is 26.0 Å². The number of aryl methyl sites for hydroxylation is 1. The molecule has 2 aromatic rings. The molecule has 0 bridgehead atoms. The molecule has 0 aliphatic rings. The van der Waals surface area contributed by atoms with Crippen LogP contribution in [0, 0.1) is 12.7 Å². The molecule has 0 fully saturated rings. The second-order valence-electron chi connectivity index (χ2n) is 4.01. The number of rotatable bonds is 3. The lowest BCUT2D eigenvalue weighted by atomic mass is 10.2. The van der Waals surface area contributed by atoms with E-state index in [1.165, 1.54) is 17.8 Å². The van der Waals surface area contributed by atoms with E-state index in [2.05, 4.69) is 0 Å². The van der Waals surface area contributed by atoms with Crippen LogP contribution in [0.1, 0.15) is 11.1 Å². The number of hydrogen-bond donors (Lipinski definition) is 1. The molecular formula is C14H13ClFNS. The average Bonchev–Trinajstić information content (AvgIpc) is 2.33. The van der Waals surface area contributed by atoms with Crippen molar-refractivity contribution in [3.8, 4) is 0 Å². The quantitative estimate of drug-likeness (QED) is 0.654. The molecule has 18 heavy (non-hydrogen) atoms. The normalized spacial score (nSPS) is 10.6. The Kier molecular flexibility index (Phi) is 4.15. The van der Waals surface area contributed by atoms with Gasteiger partial charge in [-0.05, 0) is 36.8 Å². The summed E-state index contributed by atoms with van der Waals surface area (Å²) in [4.78, 5) is 1.05. The van der Waals surface area contributed by atoms with Crippen LogP contribution in [0.4, 0.5) is 10.1 Å². The van der Waals surface area contributed by atoms with Gasteiger partial charge in [-0.3, -0.25) is 0 Å². The SMILES string of the molecule is Cc1ccc(N)cc1SCc1c(F)cccc1Cl. The molecule has 2 aromatic carbocycles. The van der Waals surface area contributed by atoms with E-state index in [4.69, 9.17) is 17.3 Å². The third-order valence-electron chi connectivity index (χ3n) is 2.65. The van der Waals surface area contributed by atoms with Crippen LogP contribution >= 0.6 is 23.4 Å². The van der Waals surface area contributed by atoms with Crippen LogP contribution in [0.5, 0.6) is 0 Å². The zero-order valence-electron chi connectivity index (χ0n) is 9.91. The van der Waals surface area contributed by atoms with Crippen LogP contribution in [-0.4, -0.2) is 0 Å². The van der Waals surface area contributed by atoms with Crippen molar-refractivity contribution in [3.63, 3.8) is 0 Å². The smallest absolute Gasteiger partial charge is 0.128 e. The molecule has 0 radical (unpaired) electrons. The Balaban J connectivity index is 2.19. The maximum Gasteiger partial charge on any atom is 0.128 e. The average molecular weight is 282 g/mol. The van der Waals surface area contributed by atoms with Gasteiger partial charge < -0.3 is 5.73 Å². The first kappa shape index (κ1) is 13.2. The number of anilines is 1. The zero-order chi connectivity index (χ0) is 13.1. The highest BCUT2D eigenvalue weighted by molar-refractivity contribution is 7.98. The van der Waals surface area contributed by atoms with Crippen LogP contribution in [-0.2, 0) is 5.75 Å². The molecular weight excluding hydrogens is 269 g/mol. The van der Waals surface area contributed by atoms with Gasteiger partial charge in [-0.15, -0.1) is 11.8 Å². The van der Waals surface area contributed by atoms with Crippen LogP contribution in [0.2, 0.25) is 5.02 Å². The van der Waals surface area contributed by atoms with Gasteiger partial charge >= 0.3 is 0 Å². The van der Waals surface area contributed by atoms with Gasteiger partial charge in [0.05, 0.1) is 0 Å². The fourth-order valence-electron chi connectivity index (χ4n) is 1.59. The third kappa shape index (κ3) is 2.98. The molecule has 1 nitrogen and oxygen atoms in total. The van der Waals surface area contributed by atoms with Crippen molar-refractivity contribution in [2.75, 3.05) is 5.73 Å². The molecule has 0 saturated heterocycles. The Bertz CT molecular complexity index is 551. The van der Waals surface area contributed by atoms with E-state index in [9.17, 15) is 4.39 Å². The molecule has 0 aliphatic carbocycles. The Morgan fingerprint density at radius 1 is 1.28 bits per heavy atom. The summed E-state index contributed by atoms with van der Waals surface area (Å²) in [6, 6.07) is 10.4. The minimum absolute atomic E-state index is 0.267. The standard InChI is InChI=1S/C14H13ClFNS/c1-9-5-6-10(17)7-14(9)18-8-11-12(15)3-2-4-13(11)16/h2-7H,8,17H2,1H3. The van der Waals surface area contributed by atoms with Gasteiger partial charge in [0.15, 0.2) is 0 Å². The van der Waals surface area contributed by atoms with E-state index in [0.717, 1.165) is 10.5 Å². The number of hydrogen-bond acceptors (Lipinski definition) is 2. The molecule has 2 rings (SSSR count). The second-order valence-corrected chi connectivity index (χ2v) is 5.44.